The van der Waals surface area contributed by atoms with Crippen LogP contribution in [0, 0.1) is 6.92 Å². The summed E-state index contributed by atoms with van der Waals surface area (Å²) in [5.41, 5.74) is 2.72. The number of H-pyrrole nitrogens is 1. The van der Waals surface area contributed by atoms with E-state index in [0.29, 0.717) is 12.1 Å². The summed E-state index contributed by atoms with van der Waals surface area (Å²) in [6.45, 7) is 2.52. The highest BCUT2D eigenvalue weighted by atomic mass is 16.1. The molecule has 0 spiro atoms. The molecule has 1 aromatic heterocycles. The molecule has 0 atom stereocenters. The highest BCUT2D eigenvalue weighted by Gasteiger charge is 2.09. The van der Waals surface area contributed by atoms with Crippen molar-refractivity contribution in [2.24, 2.45) is 0 Å². The lowest BCUT2D eigenvalue weighted by atomic mass is 10.1. The van der Waals surface area contributed by atoms with Gasteiger partial charge in [0.25, 0.3) is 5.91 Å². The first-order valence-electron chi connectivity index (χ1n) is 6.09. The van der Waals surface area contributed by atoms with Gasteiger partial charge in [-0.05, 0) is 25.3 Å². The van der Waals surface area contributed by atoms with Crippen molar-refractivity contribution < 1.29 is 4.79 Å². The van der Waals surface area contributed by atoms with Crippen LogP contribution in [0.2, 0.25) is 0 Å². The first kappa shape index (κ1) is 12.4. The Kier molecular flexibility index (Phi) is 4.12. The van der Waals surface area contributed by atoms with Gasteiger partial charge in [-0.3, -0.25) is 9.89 Å². The fourth-order valence-corrected chi connectivity index (χ4v) is 1.81. The first-order valence-corrected chi connectivity index (χ1v) is 6.09. The highest BCUT2D eigenvalue weighted by molar-refractivity contribution is 5.94. The molecule has 1 amide bonds. The molecular formula is C14H17N3O. The van der Waals surface area contributed by atoms with Crippen LogP contribution in [0.3, 0.4) is 0 Å². The Morgan fingerprint density at radius 3 is 2.78 bits per heavy atom. The minimum Gasteiger partial charge on any atom is -0.352 e. The number of rotatable bonds is 5. The molecule has 0 saturated carbocycles. The summed E-state index contributed by atoms with van der Waals surface area (Å²) in [5.74, 6) is -0.0608. The van der Waals surface area contributed by atoms with Crippen LogP contribution in [0.1, 0.15) is 28.0 Å². The molecule has 2 rings (SSSR count). The van der Waals surface area contributed by atoms with Crippen molar-refractivity contribution in [2.75, 3.05) is 6.54 Å². The van der Waals surface area contributed by atoms with E-state index in [2.05, 4.69) is 27.6 Å². The molecule has 0 unspecified atom stereocenters. The molecule has 0 aliphatic heterocycles. The Balaban J connectivity index is 1.73. The van der Waals surface area contributed by atoms with Crippen LogP contribution < -0.4 is 5.32 Å². The normalized spacial score (nSPS) is 10.3. The van der Waals surface area contributed by atoms with Gasteiger partial charge in [-0.15, -0.1) is 0 Å². The molecule has 1 heterocycles. The zero-order valence-electron chi connectivity index (χ0n) is 10.4. The number of benzene rings is 1. The number of carbonyl (C=O) groups is 1. The Hall–Kier alpha value is -2.10. The van der Waals surface area contributed by atoms with Crippen LogP contribution in [0.25, 0.3) is 0 Å². The molecule has 0 saturated heterocycles. The third kappa shape index (κ3) is 3.20. The highest BCUT2D eigenvalue weighted by Crippen LogP contribution is 2.03. The van der Waals surface area contributed by atoms with Crippen molar-refractivity contribution in [3.63, 3.8) is 0 Å². The Labute approximate surface area is 106 Å². The van der Waals surface area contributed by atoms with Gasteiger partial charge in [0.05, 0.1) is 11.8 Å². The maximum absolute atomic E-state index is 11.8. The SMILES string of the molecule is Cc1[nH]ncc1C(=O)NCCCc1ccccc1. The summed E-state index contributed by atoms with van der Waals surface area (Å²) < 4.78 is 0. The number of hydrogen-bond donors (Lipinski definition) is 2. The van der Waals surface area contributed by atoms with Crippen molar-refractivity contribution in [1.82, 2.24) is 15.5 Å². The zero-order chi connectivity index (χ0) is 12.8. The van der Waals surface area contributed by atoms with E-state index >= 15 is 0 Å². The Morgan fingerprint density at radius 2 is 2.11 bits per heavy atom. The summed E-state index contributed by atoms with van der Waals surface area (Å²) >= 11 is 0. The topological polar surface area (TPSA) is 57.8 Å². The fraction of sp³-hybridized carbons (Fsp3) is 0.286. The second kappa shape index (κ2) is 6.00. The van der Waals surface area contributed by atoms with Crippen molar-refractivity contribution in [2.45, 2.75) is 19.8 Å². The van der Waals surface area contributed by atoms with Crippen LogP contribution >= 0.6 is 0 Å². The van der Waals surface area contributed by atoms with E-state index in [1.165, 1.54) is 5.56 Å². The second-order valence-electron chi connectivity index (χ2n) is 4.25. The van der Waals surface area contributed by atoms with Crippen molar-refractivity contribution in [3.05, 3.63) is 53.3 Å². The second-order valence-corrected chi connectivity index (χ2v) is 4.25. The summed E-state index contributed by atoms with van der Waals surface area (Å²) in [6.07, 6.45) is 3.47. The van der Waals surface area contributed by atoms with Gasteiger partial charge in [-0.25, -0.2) is 0 Å². The predicted octanol–water partition coefficient (Wildman–Crippen LogP) is 2.08. The Bertz CT molecular complexity index is 505. The van der Waals surface area contributed by atoms with Crippen molar-refractivity contribution >= 4 is 5.91 Å². The number of hydrogen-bond acceptors (Lipinski definition) is 2. The van der Waals surface area contributed by atoms with Crippen LogP contribution in [0.5, 0.6) is 0 Å². The number of aromatic nitrogens is 2. The third-order valence-corrected chi connectivity index (χ3v) is 2.85. The summed E-state index contributed by atoms with van der Waals surface area (Å²) in [6, 6.07) is 10.3. The number of nitrogens with zero attached hydrogens (tertiary/aromatic N) is 1. The molecule has 94 valence electrons. The maximum atomic E-state index is 11.8. The average Bonchev–Trinajstić information content (AvgIpc) is 2.82. The molecule has 0 aliphatic rings. The molecule has 4 nitrogen and oxygen atoms in total. The molecule has 0 fully saturated rings. The number of amides is 1. The van der Waals surface area contributed by atoms with E-state index < -0.39 is 0 Å². The van der Waals surface area contributed by atoms with E-state index in [1.54, 1.807) is 6.20 Å². The molecule has 0 radical (unpaired) electrons. The van der Waals surface area contributed by atoms with Gasteiger partial charge in [0.1, 0.15) is 0 Å². The molecule has 2 N–H and O–H groups in total. The third-order valence-electron chi connectivity index (χ3n) is 2.85. The molecule has 0 bridgehead atoms. The minimum atomic E-state index is -0.0608. The van der Waals surface area contributed by atoms with E-state index in [4.69, 9.17) is 0 Å². The standard InChI is InChI=1S/C14H17N3O/c1-11-13(10-16-17-11)14(18)15-9-5-8-12-6-3-2-4-7-12/h2-4,6-7,10H,5,8-9H2,1H3,(H,15,18)(H,16,17). The van der Waals surface area contributed by atoms with Crippen LogP contribution in [-0.4, -0.2) is 22.6 Å². The number of aromatic amines is 1. The lowest BCUT2D eigenvalue weighted by Gasteiger charge is -2.04. The first-order chi connectivity index (χ1) is 8.77. The largest absolute Gasteiger partial charge is 0.352 e. The van der Waals surface area contributed by atoms with Gasteiger partial charge in [0.2, 0.25) is 0 Å². The monoisotopic (exact) mass is 243 g/mol. The zero-order valence-corrected chi connectivity index (χ0v) is 10.4. The van der Waals surface area contributed by atoms with Gasteiger partial charge >= 0.3 is 0 Å². The Morgan fingerprint density at radius 1 is 1.33 bits per heavy atom. The van der Waals surface area contributed by atoms with Crippen LogP contribution in [-0.2, 0) is 6.42 Å². The summed E-state index contributed by atoms with van der Waals surface area (Å²) in [7, 11) is 0. The molecule has 1 aromatic carbocycles. The van der Waals surface area contributed by atoms with Crippen LogP contribution in [0.4, 0.5) is 0 Å². The minimum absolute atomic E-state index is 0.0608. The van der Waals surface area contributed by atoms with E-state index in [9.17, 15) is 4.79 Å². The maximum Gasteiger partial charge on any atom is 0.254 e. The van der Waals surface area contributed by atoms with Gasteiger partial charge in [0.15, 0.2) is 0 Å². The van der Waals surface area contributed by atoms with Gasteiger partial charge in [-0.2, -0.15) is 5.10 Å². The number of nitrogens with one attached hydrogen (secondary N) is 2. The quantitative estimate of drug-likeness (QED) is 0.790. The molecule has 2 aromatic rings. The average molecular weight is 243 g/mol. The van der Waals surface area contributed by atoms with Crippen molar-refractivity contribution in [3.8, 4) is 0 Å². The van der Waals surface area contributed by atoms with Crippen molar-refractivity contribution in [1.29, 1.82) is 0 Å². The smallest absolute Gasteiger partial charge is 0.254 e. The van der Waals surface area contributed by atoms with Crippen LogP contribution in [0.15, 0.2) is 36.5 Å². The van der Waals surface area contributed by atoms with E-state index in [0.717, 1.165) is 18.5 Å². The molecule has 4 heteroatoms. The predicted molar refractivity (Wildman–Crippen MR) is 70.4 cm³/mol. The fourth-order valence-electron chi connectivity index (χ4n) is 1.81. The summed E-state index contributed by atoms with van der Waals surface area (Å²) in [5, 5.41) is 9.48. The van der Waals surface area contributed by atoms with Gasteiger partial charge in [0, 0.05) is 12.2 Å². The lowest BCUT2D eigenvalue weighted by molar-refractivity contribution is 0.0952. The number of aryl methyl sites for hydroxylation is 2. The van der Waals surface area contributed by atoms with E-state index in [-0.39, 0.29) is 5.91 Å². The molecule has 0 aliphatic carbocycles. The molecule has 18 heavy (non-hydrogen) atoms. The molecular weight excluding hydrogens is 226 g/mol. The number of carbonyl (C=O) groups excluding carboxylic acids is 1. The van der Waals surface area contributed by atoms with E-state index in [1.807, 2.05) is 25.1 Å². The van der Waals surface area contributed by atoms with Gasteiger partial charge < -0.3 is 5.32 Å². The summed E-state index contributed by atoms with van der Waals surface area (Å²) in [4.78, 5) is 11.8. The lowest BCUT2D eigenvalue weighted by Crippen LogP contribution is -2.25. The van der Waals surface area contributed by atoms with Gasteiger partial charge in [-0.1, -0.05) is 30.3 Å².